The highest BCUT2D eigenvalue weighted by molar-refractivity contribution is 6.30. The van der Waals surface area contributed by atoms with Crippen molar-refractivity contribution in [1.82, 2.24) is 9.97 Å². The monoisotopic (exact) mass is 302 g/mol. The van der Waals surface area contributed by atoms with Crippen molar-refractivity contribution in [2.75, 3.05) is 0 Å². The largest absolute Gasteiger partial charge is 0.233 e. The number of rotatable bonds is 5. The number of benzene rings is 1. The molecular formula is C18H23ClN2. The van der Waals surface area contributed by atoms with E-state index in [1.165, 1.54) is 5.56 Å². The van der Waals surface area contributed by atoms with Crippen LogP contribution in [0.2, 0.25) is 5.15 Å². The quantitative estimate of drug-likeness (QED) is 0.704. The third-order valence-corrected chi connectivity index (χ3v) is 3.82. The number of nitrogens with zero attached hydrogens (tertiary/aromatic N) is 2. The van der Waals surface area contributed by atoms with E-state index in [0.717, 1.165) is 41.9 Å². The van der Waals surface area contributed by atoms with Crippen LogP contribution < -0.4 is 0 Å². The lowest BCUT2D eigenvalue weighted by atomic mass is 9.99. The van der Waals surface area contributed by atoms with Crippen molar-refractivity contribution in [2.45, 2.75) is 47.0 Å². The van der Waals surface area contributed by atoms with Crippen LogP contribution in [0.3, 0.4) is 0 Å². The van der Waals surface area contributed by atoms with Crippen LogP contribution in [-0.2, 0) is 12.8 Å². The standard InChI is InChI=1S/C18H23ClN2/c1-5-7-16-20-17(13(4)18(19)21-16)15-9-6-8-14(11-15)10-12(2)3/h6,8-9,11-12H,5,7,10H2,1-4H3. The van der Waals surface area contributed by atoms with E-state index in [9.17, 15) is 0 Å². The molecule has 112 valence electrons. The molecule has 3 heteroatoms. The summed E-state index contributed by atoms with van der Waals surface area (Å²) >= 11 is 6.28. The first-order valence-electron chi connectivity index (χ1n) is 7.63. The molecule has 0 saturated carbocycles. The van der Waals surface area contributed by atoms with Crippen LogP contribution in [0.15, 0.2) is 24.3 Å². The summed E-state index contributed by atoms with van der Waals surface area (Å²) in [6, 6.07) is 8.60. The predicted octanol–water partition coefficient (Wildman–Crippen LogP) is 5.26. The zero-order valence-corrected chi connectivity index (χ0v) is 14.0. The van der Waals surface area contributed by atoms with Crippen molar-refractivity contribution in [3.8, 4) is 11.3 Å². The van der Waals surface area contributed by atoms with Gasteiger partial charge in [0.25, 0.3) is 0 Å². The van der Waals surface area contributed by atoms with Crippen molar-refractivity contribution in [3.05, 3.63) is 46.4 Å². The van der Waals surface area contributed by atoms with E-state index in [2.05, 4.69) is 50.0 Å². The first-order chi connectivity index (χ1) is 10.0. The van der Waals surface area contributed by atoms with Gasteiger partial charge in [-0.1, -0.05) is 50.6 Å². The molecule has 0 aliphatic rings. The van der Waals surface area contributed by atoms with Gasteiger partial charge in [0.05, 0.1) is 5.69 Å². The van der Waals surface area contributed by atoms with Gasteiger partial charge in [0, 0.05) is 17.5 Å². The highest BCUT2D eigenvalue weighted by atomic mass is 35.5. The lowest BCUT2D eigenvalue weighted by Crippen LogP contribution is -2.01. The summed E-state index contributed by atoms with van der Waals surface area (Å²) in [5, 5.41) is 0.567. The van der Waals surface area contributed by atoms with Crippen molar-refractivity contribution >= 4 is 11.6 Å². The van der Waals surface area contributed by atoms with Gasteiger partial charge in [-0.15, -0.1) is 0 Å². The second kappa shape index (κ2) is 7.04. The molecule has 1 aromatic heterocycles. The summed E-state index contributed by atoms with van der Waals surface area (Å²) in [4.78, 5) is 9.09. The van der Waals surface area contributed by atoms with Crippen LogP contribution in [0, 0.1) is 12.8 Å². The zero-order chi connectivity index (χ0) is 15.4. The summed E-state index contributed by atoms with van der Waals surface area (Å²) in [5.41, 5.74) is 4.39. The summed E-state index contributed by atoms with van der Waals surface area (Å²) in [6.07, 6.45) is 2.96. The highest BCUT2D eigenvalue weighted by Crippen LogP contribution is 2.27. The van der Waals surface area contributed by atoms with E-state index in [-0.39, 0.29) is 0 Å². The van der Waals surface area contributed by atoms with Crippen LogP contribution in [0.4, 0.5) is 0 Å². The molecule has 0 amide bonds. The van der Waals surface area contributed by atoms with E-state index >= 15 is 0 Å². The molecule has 0 unspecified atom stereocenters. The summed E-state index contributed by atoms with van der Waals surface area (Å²) in [5.74, 6) is 1.48. The molecule has 1 heterocycles. The first-order valence-corrected chi connectivity index (χ1v) is 8.01. The van der Waals surface area contributed by atoms with E-state index in [1.54, 1.807) is 0 Å². The molecule has 0 bridgehead atoms. The molecule has 2 aromatic rings. The van der Waals surface area contributed by atoms with Gasteiger partial charge in [0.2, 0.25) is 0 Å². The van der Waals surface area contributed by atoms with Crippen molar-refractivity contribution in [2.24, 2.45) is 5.92 Å². The molecule has 0 aliphatic heterocycles. The Morgan fingerprint density at radius 2 is 1.95 bits per heavy atom. The molecule has 0 aliphatic carbocycles. The molecule has 0 atom stereocenters. The average molecular weight is 303 g/mol. The molecule has 0 N–H and O–H groups in total. The molecule has 0 fully saturated rings. The van der Waals surface area contributed by atoms with Crippen molar-refractivity contribution < 1.29 is 0 Å². The minimum Gasteiger partial charge on any atom is -0.233 e. The van der Waals surface area contributed by atoms with Gasteiger partial charge < -0.3 is 0 Å². The SMILES string of the molecule is CCCc1nc(Cl)c(C)c(-c2cccc(CC(C)C)c2)n1. The normalized spacial score (nSPS) is 11.1. The number of aryl methyl sites for hydroxylation is 1. The van der Waals surface area contributed by atoms with Crippen LogP contribution >= 0.6 is 11.6 Å². The van der Waals surface area contributed by atoms with Gasteiger partial charge in [0.15, 0.2) is 0 Å². The summed E-state index contributed by atoms with van der Waals surface area (Å²) in [7, 11) is 0. The Bertz CT molecular complexity index is 621. The molecule has 0 spiro atoms. The third kappa shape index (κ3) is 4.04. The molecule has 2 rings (SSSR count). The van der Waals surface area contributed by atoms with Crippen LogP contribution in [-0.4, -0.2) is 9.97 Å². The minimum atomic E-state index is 0.567. The summed E-state index contributed by atoms with van der Waals surface area (Å²) in [6.45, 7) is 8.58. The number of hydrogen-bond donors (Lipinski definition) is 0. The van der Waals surface area contributed by atoms with Crippen LogP contribution in [0.5, 0.6) is 0 Å². The Morgan fingerprint density at radius 3 is 2.62 bits per heavy atom. The van der Waals surface area contributed by atoms with E-state index < -0.39 is 0 Å². The lowest BCUT2D eigenvalue weighted by Gasteiger charge is -2.11. The van der Waals surface area contributed by atoms with Gasteiger partial charge >= 0.3 is 0 Å². The Labute approximate surface area is 132 Å². The molecule has 0 radical (unpaired) electrons. The van der Waals surface area contributed by atoms with Gasteiger partial charge in [-0.3, -0.25) is 0 Å². The second-order valence-electron chi connectivity index (χ2n) is 5.95. The lowest BCUT2D eigenvalue weighted by molar-refractivity contribution is 0.647. The summed E-state index contributed by atoms with van der Waals surface area (Å²) < 4.78 is 0. The van der Waals surface area contributed by atoms with Crippen molar-refractivity contribution in [3.63, 3.8) is 0 Å². The van der Waals surface area contributed by atoms with Gasteiger partial charge in [-0.05, 0) is 37.3 Å². The van der Waals surface area contributed by atoms with E-state index in [4.69, 9.17) is 16.6 Å². The highest BCUT2D eigenvalue weighted by Gasteiger charge is 2.11. The number of hydrogen-bond acceptors (Lipinski definition) is 2. The number of aromatic nitrogens is 2. The van der Waals surface area contributed by atoms with E-state index in [1.807, 2.05) is 6.92 Å². The molecule has 21 heavy (non-hydrogen) atoms. The fraction of sp³-hybridized carbons (Fsp3) is 0.444. The molecule has 2 nitrogen and oxygen atoms in total. The fourth-order valence-electron chi connectivity index (χ4n) is 2.47. The maximum absolute atomic E-state index is 6.28. The Kier molecular flexibility index (Phi) is 5.35. The van der Waals surface area contributed by atoms with Gasteiger partial charge in [0.1, 0.15) is 11.0 Å². The first kappa shape index (κ1) is 16.0. The van der Waals surface area contributed by atoms with Crippen LogP contribution in [0.25, 0.3) is 11.3 Å². The van der Waals surface area contributed by atoms with Crippen molar-refractivity contribution in [1.29, 1.82) is 0 Å². The van der Waals surface area contributed by atoms with E-state index in [0.29, 0.717) is 11.1 Å². The third-order valence-electron chi connectivity index (χ3n) is 3.45. The average Bonchev–Trinajstić information content (AvgIpc) is 2.42. The zero-order valence-electron chi connectivity index (χ0n) is 13.3. The number of halogens is 1. The minimum absolute atomic E-state index is 0.567. The maximum atomic E-state index is 6.28. The molecule has 0 saturated heterocycles. The Morgan fingerprint density at radius 1 is 1.19 bits per heavy atom. The van der Waals surface area contributed by atoms with Gasteiger partial charge in [-0.25, -0.2) is 9.97 Å². The molecule has 1 aromatic carbocycles. The molecular weight excluding hydrogens is 280 g/mol. The second-order valence-corrected chi connectivity index (χ2v) is 6.31. The maximum Gasteiger partial charge on any atom is 0.136 e. The fourth-order valence-corrected chi connectivity index (χ4v) is 2.65. The Balaban J connectivity index is 2.45. The smallest absolute Gasteiger partial charge is 0.136 e. The Hall–Kier alpha value is -1.41. The van der Waals surface area contributed by atoms with Gasteiger partial charge in [-0.2, -0.15) is 0 Å². The predicted molar refractivity (Wildman–Crippen MR) is 89.8 cm³/mol. The van der Waals surface area contributed by atoms with Crippen LogP contribution in [0.1, 0.15) is 44.1 Å². The topological polar surface area (TPSA) is 25.8 Å².